The second-order valence-electron chi connectivity index (χ2n) is 10.9. The first-order valence-electron chi connectivity index (χ1n) is 15.0. The average Bonchev–Trinajstić information content (AvgIpc) is 3.13. The largest absolute Gasteiger partial charge is 1.00 e. The molecule has 54 heavy (non-hydrogen) atoms. The van der Waals surface area contributed by atoms with Gasteiger partial charge in [0.1, 0.15) is 25.1 Å². The fourth-order valence-electron chi connectivity index (χ4n) is 4.73. The van der Waals surface area contributed by atoms with Crippen LogP contribution in [0.25, 0.3) is 0 Å². The number of anilines is 2. The van der Waals surface area contributed by atoms with E-state index in [-0.39, 0.29) is 88.1 Å². The summed E-state index contributed by atoms with van der Waals surface area (Å²) < 4.78 is 82.4. The Balaban J connectivity index is 0.00000392. The van der Waals surface area contributed by atoms with Gasteiger partial charge in [-0.25, -0.2) is 16.8 Å². The number of amides is 2. The molecule has 0 heterocycles. The van der Waals surface area contributed by atoms with Crippen molar-refractivity contribution in [1.29, 1.82) is 0 Å². The fourth-order valence-corrected chi connectivity index (χ4v) is 5.98. The summed E-state index contributed by atoms with van der Waals surface area (Å²) in [5.41, 5.74) is 2.02. The van der Waals surface area contributed by atoms with Crippen molar-refractivity contribution in [3.05, 3.63) is 144 Å². The molecule has 2 N–H and O–H groups in total. The van der Waals surface area contributed by atoms with Gasteiger partial charge >= 0.3 is 59.1 Å². The van der Waals surface area contributed by atoms with Crippen molar-refractivity contribution in [3.8, 4) is 11.5 Å². The SMILES string of the molecule is O=C(COc1cc(S(=O)(=O)[O-])cc(S(=O)(=O)[O-])c1OCC(=O)Nc1ccc(C(=O)c2ccccc2)cc1)Nc1ccc(C(=O)c2ccccc2)cc1.[Na+].[Na+]. The molecule has 0 fully saturated rings. The molecule has 0 unspecified atom stereocenters. The molecule has 0 aliphatic rings. The van der Waals surface area contributed by atoms with Crippen molar-refractivity contribution < 1.29 is 114 Å². The van der Waals surface area contributed by atoms with E-state index in [0.717, 1.165) is 0 Å². The molecule has 5 rings (SSSR count). The van der Waals surface area contributed by atoms with Crippen LogP contribution in [0.2, 0.25) is 0 Å². The van der Waals surface area contributed by atoms with Crippen LogP contribution in [0.15, 0.2) is 131 Å². The van der Waals surface area contributed by atoms with Crippen molar-refractivity contribution in [1.82, 2.24) is 0 Å². The van der Waals surface area contributed by atoms with Gasteiger partial charge in [-0.3, -0.25) is 19.2 Å². The van der Waals surface area contributed by atoms with Crippen LogP contribution in [-0.2, 0) is 29.8 Å². The Hall–Kier alpha value is -4.20. The maximum absolute atomic E-state index is 12.7. The number of nitrogens with one attached hydrogen (secondary N) is 2. The molecule has 0 aliphatic heterocycles. The van der Waals surface area contributed by atoms with Crippen LogP contribution in [-0.4, -0.2) is 62.5 Å². The van der Waals surface area contributed by atoms with E-state index in [1.807, 2.05) is 0 Å². The Bertz CT molecular complexity index is 2360. The van der Waals surface area contributed by atoms with Crippen molar-refractivity contribution in [3.63, 3.8) is 0 Å². The van der Waals surface area contributed by atoms with Gasteiger partial charge in [0, 0.05) is 39.7 Å². The summed E-state index contributed by atoms with van der Waals surface area (Å²) in [5.74, 6) is -4.00. The number of ketones is 2. The van der Waals surface area contributed by atoms with Crippen molar-refractivity contribution in [2.45, 2.75) is 9.79 Å². The molecule has 0 bridgehead atoms. The Labute approximate surface area is 354 Å². The predicted octanol–water partition coefficient (Wildman–Crippen LogP) is -2.00. The standard InChI is InChI=1S/C36H28N2O12S2.2Na/c39-32(37-27-15-11-25(12-16-27)34(41)23-7-3-1-4-8-23)21-49-30-19-29(51(43,44)45)20-31(52(46,47)48)36(30)50-22-33(40)38-28-17-13-26(14-18-28)35(42)24-9-5-2-6-10-24;;/h1-20H,21-22H2,(H,37,39)(H,38,40)(H,43,44,45)(H,46,47,48);;/q;2*+1/p-2. The zero-order valence-electron chi connectivity index (χ0n) is 28.7. The Morgan fingerprint density at radius 2 is 0.907 bits per heavy atom. The zero-order chi connectivity index (χ0) is 37.5. The predicted molar refractivity (Wildman–Crippen MR) is 183 cm³/mol. The monoisotopic (exact) mass is 788 g/mol. The third-order valence-corrected chi connectivity index (χ3v) is 8.85. The molecule has 0 spiro atoms. The topological polar surface area (TPSA) is 225 Å². The molecule has 14 nitrogen and oxygen atoms in total. The van der Waals surface area contributed by atoms with E-state index in [1.54, 1.807) is 60.7 Å². The number of hydrogen-bond acceptors (Lipinski definition) is 12. The van der Waals surface area contributed by atoms with Crippen LogP contribution in [0.3, 0.4) is 0 Å². The first kappa shape index (κ1) is 44.2. The Morgan fingerprint density at radius 1 is 0.519 bits per heavy atom. The minimum absolute atomic E-state index is 0. The van der Waals surface area contributed by atoms with Crippen LogP contribution in [0.5, 0.6) is 11.5 Å². The van der Waals surface area contributed by atoms with Gasteiger partial charge in [-0.05, 0) is 54.6 Å². The van der Waals surface area contributed by atoms with Gasteiger partial charge in [0.15, 0.2) is 36.3 Å². The molecule has 0 saturated heterocycles. The van der Waals surface area contributed by atoms with Crippen LogP contribution >= 0.6 is 0 Å². The number of carbonyl (C=O) groups is 4. The van der Waals surface area contributed by atoms with Crippen LogP contribution < -0.4 is 79.2 Å². The molecule has 0 saturated carbocycles. The van der Waals surface area contributed by atoms with E-state index in [2.05, 4.69) is 10.6 Å². The van der Waals surface area contributed by atoms with E-state index in [9.17, 15) is 45.1 Å². The number of benzene rings is 5. The number of hydrogen-bond donors (Lipinski definition) is 2. The smallest absolute Gasteiger partial charge is 0.744 e. The molecular weight excluding hydrogens is 763 g/mol. The maximum Gasteiger partial charge on any atom is 1.00 e. The molecule has 0 aliphatic carbocycles. The third kappa shape index (κ3) is 11.9. The van der Waals surface area contributed by atoms with Crippen LogP contribution in [0, 0.1) is 0 Å². The fraction of sp³-hybridized carbons (Fsp3) is 0.0556. The van der Waals surface area contributed by atoms with Crippen molar-refractivity contribution in [2.75, 3.05) is 23.8 Å². The number of rotatable bonds is 14. The first-order chi connectivity index (χ1) is 24.7. The molecule has 5 aromatic rings. The molecule has 266 valence electrons. The molecule has 18 heteroatoms. The summed E-state index contributed by atoms with van der Waals surface area (Å²) in [4.78, 5) is 48.2. The molecule has 0 radical (unpaired) electrons. The van der Waals surface area contributed by atoms with E-state index < -0.39 is 66.6 Å². The van der Waals surface area contributed by atoms with Gasteiger partial charge < -0.3 is 29.2 Å². The van der Waals surface area contributed by atoms with Gasteiger partial charge in [0.05, 0.1) is 4.90 Å². The summed E-state index contributed by atoms with van der Waals surface area (Å²) in [6.45, 7) is -1.87. The minimum Gasteiger partial charge on any atom is -0.744 e. The molecule has 0 atom stereocenters. The van der Waals surface area contributed by atoms with E-state index in [1.165, 1.54) is 48.5 Å². The van der Waals surface area contributed by atoms with E-state index in [4.69, 9.17) is 9.47 Å². The van der Waals surface area contributed by atoms with Gasteiger partial charge in [0.2, 0.25) is 0 Å². The Morgan fingerprint density at radius 3 is 1.30 bits per heavy atom. The minimum atomic E-state index is -5.55. The van der Waals surface area contributed by atoms with Gasteiger partial charge in [-0.1, -0.05) is 60.7 Å². The maximum atomic E-state index is 12.7. The van der Waals surface area contributed by atoms with Crippen LogP contribution in [0.1, 0.15) is 31.8 Å². The summed E-state index contributed by atoms with van der Waals surface area (Å²) >= 11 is 0. The van der Waals surface area contributed by atoms with Gasteiger partial charge in [-0.2, -0.15) is 0 Å². The Kier molecular flexibility index (Phi) is 15.9. The summed E-state index contributed by atoms with van der Waals surface area (Å²) in [5, 5.41) is 4.92. The quantitative estimate of drug-likeness (QED) is 0.0709. The molecule has 0 aromatic heterocycles. The number of ether oxygens (including phenoxy) is 2. The second kappa shape index (κ2) is 19.4. The first-order valence-corrected chi connectivity index (χ1v) is 17.9. The van der Waals surface area contributed by atoms with E-state index >= 15 is 0 Å². The summed E-state index contributed by atoms with van der Waals surface area (Å²) in [6, 6.07) is 29.3. The summed E-state index contributed by atoms with van der Waals surface area (Å²) in [6.07, 6.45) is 0. The molecular formula is C36H26N2Na2O12S2. The van der Waals surface area contributed by atoms with Crippen molar-refractivity contribution >= 4 is 55.0 Å². The molecule has 5 aromatic carbocycles. The van der Waals surface area contributed by atoms with Crippen molar-refractivity contribution in [2.24, 2.45) is 0 Å². The second-order valence-corrected chi connectivity index (χ2v) is 13.6. The van der Waals surface area contributed by atoms with Crippen LogP contribution in [0.4, 0.5) is 11.4 Å². The third-order valence-electron chi connectivity index (χ3n) is 7.19. The normalized spacial score (nSPS) is 10.9. The molecule has 2 amide bonds. The van der Waals surface area contributed by atoms with E-state index in [0.29, 0.717) is 28.3 Å². The summed E-state index contributed by atoms with van der Waals surface area (Å²) in [7, 11) is -10.9. The average molecular weight is 789 g/mol. The van der Waals surface area contributed by atoms with Gasteiger partial charge in [-0.15, -0.1) is 0 Å². The zero-order valence-corrected chi connectivity index (χ0v) is 34.3. The van der Waals surface area contributed by atoms with Gasteiger partial charge in [0.25, 0.3) is 11.8 Å². The number of carbonyl (C=O) groups excluding carboxylic acids is 4.